The van der Waals surface area contributed by atoms with E-state index in [4.69, 9.17) is 9.47 Å². The van der Waals surface area contributed by atoms with Crippen molar-refractivity contribution >= 4 is 0 Å². The predicted molar refractivity (Wildman–Crippen MR) is 98.4 cm³/mol. The molecule has 0 radical (unpaired) electrons. The minimum atomic E-state index is -1.15. The smallest absolute Gasteiger partial charge is 0.161 e. The number of halogens is 1. The third kappa shape index (κ3) is 3.78. The van der Waals surface area contributed by atoms with Crippen molar-refractivity contribution in [3.05, 3.63) is 59.4 Å². The van der Waals surface area contributed by atoms with Crippen LogP contribution in [0.4, 0.5) is 4.39 Å². The van der Waals surface area contributed by atoms with Crippen LogP contribution in [0.25, 0.3) is 0 Å². The molecule has 4 rings (SSSR count). The summed E-state index contributed by atoms with van der Waals surface area (Å²) in [5, 5.41) is 21.5. The Hall–Kier alpha value is -2.15. The molecular weight excluding hydrogens is 349 g/mol. The molecule has 2 heterocycles. The molecule has 0 saturated carbocycles. The topological polar surface area (TPSA) is 62.2 Å². The van der Waals surface area contributed by atoms with Crippen LogP contribution in [0.2, 0.25) is 0 Å². The van der Waals surface area contributed by atoms with E-state index in [9.17, 15) is 14.6 Å². The molecule has 0 spiro atoms. The maximum absolute atomic E-state index is 14.1. The molecule has 2 aliphatic rings. The minimum Gasteiger partial charge on any atom is -0.486 e. The van der Waals surface area contributed by atoms with E-state index in [0.717, 1.165) is 5.56 Å². The number of aliphatic hydroxyl groups is 2. The van der Waals surface area contributed by atoms with Crippen LogP contribution in [0, 0.1) is 5.82 Å². The van der Waals surface area contributed by atoms with Gasteiger partial charge in [-0.25, -0.2) is 4.39 Å². The Bertz CT molecular complexity index is 805. The lowest BCUT2D eigenvalue weighted by atomic mass is 9.84. The molecule has 6 heteroatoms. The zero-order valence-corrected chi connectivity index (χ0v) is 15.1. The Morgan fingerprint density at radius 3 is 2.48 bits per heavy atom. The van der Waals surface area contributed by atoms with Crippen molar-refractivity contribution in [3.63, 3.8) is 0 Å². The maximum Gasteiger partial charge on any atom is 0.161 e. The van der Waals surface area contributed by atoms with Gasteiger partial charge in [0.1, 0.15) is 19.0 Å². The lowest BCUT2D eigenvalue weighted by molar-refractivity contribution is -0.0367. The zero-order valence-electron chi connectivity index (χ0n) is 15.1. The highest BCUT2D eigenvalue weighted by Crippen LogP contribution is 2.36. The van der Waals surface area contributed by atoms with Gasteiger partial charge in [0, 0.05) is 25.2 Å². The van der Waals surface area contributed by atoms with E-state index in [1.165, 1.54) is 6.07 Å². The molecule has 1 saturated heterocycles. The van der Waals surface area contributed by atoms with Gasteiger partial charge in [0.15, 0.2) is 11.5 Å². The molecule has 2 N–H and O–H groups in total. The molecule has 1 atom stereocenters. The van der Waals surface area contributed by atoms with Gasteiger partial charge in [-0.15, -0.1) is 0 Å². The number of hydrogen-bond donors (Lipinski definition) is 2. The molecule has 0 aromatic heterocycles. The van der Waals surface area contributed by atoms with Crippen molar-refractivity contribution in [2.75, 3.05) is 32.8 Å². The molecule has 0 unspecified atom stereocenters. The Balaban J connectivity index is 1.38. The number of hydrogen-bond acceptors (Lipinski definition) is 5. The number of fused-ring (bicyclic) bond motifs is 1. The van der Waals surface area contributed by atoms with Crippen LogP contribution in [-0.4, -0.2) is 48.0 Å². The molecule has 0 amide bonds. The lowest BCUT2D eigenvalue weighted by Crippen LogP contribution is -2.44. The van der Waals surface area contributed by atoms with Crippen LogP contribution in [0.15, 0.2) is 42.5 Å². The number of ether oxygens (including phenoxy) is 2. The number of rotatable bonds is 4. The summed E-state index contributed by atoms with van der Waals surface area (Å²) in [6, 6.07) is 11.9. The zero-order chi connectivity index (χ0) is 18.9. The minimum absolute atomic E-state index is 0.358. The summed E-state index contributed by atoms with van der Waals surface area (Å²) in [6.45, 7) is 2.67. The Kier molecular flexibility index (Phi) is 5.04. The number of likely N-dealkylation sites (tertiary alicyclic amines) is 1. The van der Waals surface area contributed by atoms with Crippen molar-refractivity contribution in [1.82, 2.24) is 4.90 Å². The fourth-order valence-corrected chi connectivity index (χ4v) is 3.83. The van der Waals surface area contributed by atoms with Gasteiger partial charge >= 0.3 is 0 Å². The van der Waals surface area contributed by atoms with E-state index in [0.29, 0.717) is 62.8 Å². The van der Waals surface area contributed by atoms with E-state index < -0.39 is 11.7 Å². The molecule has 2 aliphatic heterocycles. The number of benzene rings is 2. The second-order valence-corrected chi connectivity index (χ2v) is 7.23. The highest BCUT2D eigenvalue weighted by molar-refractivity contribution is 5.44. The number of β-amino-alcohol motifs (C(OH)–C–C–N with tert-alkyl or cyclic N) is 1. The molecule has 2 aromatic rings. The summed E-state index contributed by atoms with van der Waals surface area (Å²) in [6.07, 6.45) is 0.198. The third-order valence-corrected chi connectivity index (χ3v) is 5.44. The van der Waals surface area contributed by atoms with E-state index in [1.807, 2.05) is 18.2 Å². The SMILES string of the molecule is O[C@H](CN1CCC(O)(c2ccccc2F)CC1)c1ccc2c(c1)OCCO2. The van der Waals surface area contributed by atoms with Gasteiger partial charge in [-0.2, -0.15) is 0 Å². The molecule has 1 fully saturated rings. The van der Waals surface area contributed by atoms with Crippen molar-refractivity contribution in [1.29, 1.82) is 0 Å². The summed E-state index contributed by atoms with van der Waals surface area (Å²) >= 11 is 0. The van der Waals surface area contributed by atoms with E-state index in [1.54, 1.807) is 18.2 Å². The molecule has 0 aliphatic carbocycles. The summed E-state index contributed by atoms with van der Waals surface area (Å²) in [5.74, 6) is 0.986. The normalized spacial score (nSPS) is 20.3. The summed E-state index contributed by atoms with van der Waals surface area (Å²) in [7, 11) is 0. The average molecular weight is 373 g/mol. The van der Waals surface area contributed by atoms with Crippen LogP contribution >= 0.6 is 0 Å². The van der Waals surface area contributed by atoms with Gasteiger partial charge < -0.3 is 24.6 Å². The van der Waals surface area contributed by atoms with Crippen LogP contribution < -0.4 is 9.47 Å². The summed E-state index contributed by atoms with van der Waals surface area (Å²) in [4.78, 5) is 2.09. The molecule has 0 bridgehead atoms. The molecule has 2 aromatic carbocycles. The quantitative estimate of drug-likeness (QED) is 0.863. The lowest BCUT2D eigenvalue weighted by Gasteiger charge is -2.39. The number of nitrogens with zero attached hydrogens (tertiary/aromatic N) is 1. The van der Waals surface area contributed by atoms with Gasteiger partial charge in [0.2, 0.25) is 0 Å². The average Bonchev–Trinajstić information content (AvgIpc) is 2.69. The first kappa shape index (κ1) is 18.2. The fraction of sp³-hybridized carbons (Fsp3) is 0.429. The predicted octanol–water partition coefficient (Wildman–Crippen LogP) is 2.61. The van der Waals surface area contributed by atoms with Crippen LogP contribution in [0.1, 0.15) is 30.1 Å². The first-order valence-electron chi connectivity index (χ1n) is 9.32. The Morgan fingerprint density at radius 2 is 1.74 bits per heavy atom. The van der Waals surface area contributed by atoms with Crippen LogP contribution in [-0.2, 0) is 5.60 Å². The van der Waals surface area contributed by atoms with Crippen molar-refractivity contribution < 1.29 is 24.1 Å². The largest absolute Gasteiger partial charge is 0.486 e. The van der Waals surface area contributed by atoms with Crippen LogP contribution in [0.5, 0.6) is 11.5 Å². The molecule has 144 valence electrons. The second kappa shape index (κ2) is 7.46. The van der Waals surface area contributed by atoms with Gasteiger partial charge in [-0.1, -0.05) is 24.3 Å². The number of piperidine rings is 1. The van der Waals surface area contributed by atoms with E-state index in [2.05, 4.69) is 4.90 Å². The second-order valence-electron chi connectivity index (χ2n) is 7.23. The Morgan fingerprint density at radius 1 is 1.04 bits per heavy atom. The van der Waals surface area contributed by atoms with Gasteiger partial charge in [-0.3, -0.25) is 0 Å². The highest BCUT2D eigenvalue weighted by Gasteiger charge is 2.36. The molecule has 27 heavy (non-hydrogen) atoms. The molecular formula is C21H24FNO4. The first-order chi connectivity index (χ1) is 13.0. The van der Waals surface area contributed by atoms with Crippen LogP contribution in [0.3, 0.4) is 0 Å². The van der Waals surface area contributed by atoms with Crippen molar-refractivity contribution in [2.45, 2.75) is 24.5 Å². The maximum atomic E-state index is 14.1. The molecule has 5 nitrogen and oxygen atoms in total. The van der Waals surface area contributed by atoms with Gasteiger partial charge in [0.25, 0.3) is 0 Å². The van der Waals surface area contributed by atoms with E-state index >= 15 is 0 Å². The van der Waals surface area contributed by atoms with Gasteiger partial charge in [-0.05, 0) is 36.6 Å². The summed E-state index contributed by atoms with van der Waals surface area (Å²) in [5.41, 5.74) is -0.0183. The van der Waals surface area contributed by atoms with Gasteiger partial charge in [0.05, 0.1) is 11.7 Å². The van der Waals surface area contributed by atoms with E-state index in [-0.39, 0.29) is 5.82 Å². The van der Waals surface area contributed by atoms with Crippen molar-refractivity contribution in [2.24, 2.45) is 0 Å². The number of aliphatic hydroxyl groups excluding tert-OH is 1. The highest BCUT2D eigenvalue weighted by atomic mass is 19.1. The Labute approximate surface area is 158 Å². The first-order valence-corrected chi connectivity index (χ1v) is 9.32. The van der Waals surface area contributed by atoms with Crippen molar-refractivity contribution in [3.8, 4) is 11.5 Å². The summed E-state index contributed by atoms with van der Waals surface area (Å²) < 4.78 is 25.1. The monoisotopic (exact) mass is 373 g/mol. The fourth-order valence-electron chi connectivity index (χ4n) is 3.83. The third-order valence-electron chi connectivity index (χ3n) is 5.44. The standard InChI is InChI=1S/C21H24FNO4/c22-17-4-2-1-3-16(17)21(25)7-9-23(10-8-21)14-18(24)15-5-6-19-20(13-15)27-12-11-26-19/h1-6,13,18,24-25H,7-12,14H2/t18-/m1/s1.